The van der Waals surface area contributed by atoms with Crippen LogP contribution in [0.3, 0.4) is 0 Å². The van der Waals surface area contributed by atoms with Crippen molar-refractivity contribution in [3.8, 4) is 0 Å². The number of hydrogen-bond acceptors (Lipinski definition) is 5. The van der Waals surface area contributed by atoms with Crippen LogP contribution in [0.5, 0.6) is 0 Å². The predicted molar refractivity (Wildman–Crippen MR) is 72.2 cm³/mol. The number of carbonyl (C=O) groups is 2. The summed E-state index contributed by atoms with van der Waals surface area (Å²) in [6.45, 7) is 6.12. The summed E-state index contributed by atoms with van der Waals surface area (Å²) in [7, 11) is 0. The second-order valence-electron chi connectivity index (χ2n) is 5.78. The van der Waals surface area contributed by atoms with Gasteiger partial charge in [-0.15, -0.1) is 0 Å². The van der Waals surface area contributed by atoms with Crippen LogP contribution in [0.4, 0.5) is 4.79 Å². The van der Waals surface area contributed by atoms with Gasteiger partial charge < -0.3 is 25.2 Å². The van der Waals surface area contributed by atoms with Crippen molar-refractivity contribution in [2.75, 3.05) is 19.8 Å². The van der Waals surface area contributed by atoms with Gasteiger partial charge in [-0.3, -0.25) is 4.79 Å². The number of amides is 2. The summed E-state index contributed by atoms with van der Waals surface area (Å²) >= 11 is 0. The Morgan fingerprint density at radius 3 is 2.65 bits per heavy atom. The fraction of sp³-hybridized carbons (Fsp3) is 0.846. The third-order valence-electron chi connectivity index (χ3n) is 2.70. The minimum absolute atomic E-state index is 0.0378. The van der Waals surface area contributed by atoms with Crippen molar-refractivity contribution in [1.29, 1.82) is 0 Å². The highest BCUT2D eigenvalue weighted by Crippen LogP contribution is 2.08. The van der Waals surface area contributed by atoms with Gasteiger partial charge in [0.2, 0.25) is 5.91 Å². The van der Waals surface area contributed by atoms with Crippen LogP contribution >= 0.6 is 0 Å². The van der Waals surface area contributed by atoms with E-state index in [1.165, 1.54) is 0 Å². The smallest absolute Gasteiger partial charge is 0.408 e. The summed E-state index contributed by atoms with van der Waals surface area (Å²) in [6.07, 6.45) is 0.219. The zero-order chi connectivity index (χ0) is 15.2. The van der Waals surface area contributed by atoms with Crippen LogP contribution in [0.1, 0.15) is 33.6 Å². The largest absolute Gasteiger partial charge is 0.444 e. The van der Waals surface area contributed by atoms with E-state index in [4.69, 9.17) is 14.6 Å². The highest BCUT2D eigenvalue weighted by Gasteiger charge is 2.26. The van der Waals surface area contributed by atoms with E-state index < -0.39 is 17.7 Å². The highest BCUT2D eigenvalue weighted by atomic mass is 16.6. The molecule has 20 heavy (non-hydrogen) atoms. The van der Waals surface area contributed by atoms with Crippen molar-refractivity contribution in [2.24, 2.45) is 0 Å². The van der Waals surface area contributed by atoms with Crippen molar-refractivity contribution in [2.45, 2.75) is 51.3 Å². The van der Waals surface area contributed by atoms with Crippen molar-refractivity contribution >= 4 is 12.0 Å². The molecule has 0 radical (unpaired) electrons. The summed E-state index contributed by atoms with van der Waals surface area (Å²) < 4.78 is 10.3. The lowest BCUT2D eigenvalue weighted by Crippen LogP contribution is -2.51. The second-order valence-corrected chi connectivity index (χ2v) is 5.78. The van der Waals surface area contributed by atoms with Gasteiger partial charge in [0.1, 0.15) is 11.6 Å². The maximum Gasteiger partial charge on any atom is 0.408 e. The molecule has 0 aromatic carbocycles. The molecule has 0 saturated carbocycles. The van der Waals surface area contributed by atoms with E-state index in [1.54, 1.807) is 20.8 Å². The molecule has 0 aliphatic carbocycles. The van der Waals surface area contributed by atoms with Gasteiger partial charge in [0.25, 0.3) is 0 Å². The molecule has 2 atom stereocenters. The Morgan fingerprint density at radius 2 is 2.15 bits per heavy atom. The van der Waals surface area contributed by atoms with Gasteiger partial charge in [-0.05, 0) is 33.6 Å². The zero-order valence-corrected chi connectivity index (χ0v) is 12.3. The molecule has 1 saturated heterocycles. The van der Waals surface area contributed by atoms with Crippen LogP contribution in [0, 0.1) is 0 Å². The van der Waals surface area contributed by atoms with Gasteiger partial charge in [0, 0.05) is 13.2 Å². The normalized spacial score (nSPS) is 20.3. The molecule has 3 N–H and O–H groups in total. The molecule has 7 heteroatoms. The van der Waals surface area contributed by atoms with E-state index in [1.807, 2.05) is 0 Å². The first kappa shape index (κ1) is 16.7. The van der Waals surface area contributed by atoms with Crippen molar-refractivity contribution in [3.63, 3.8) is 0 Å². The Labute approximate surface area is 119 Å². The number of nitrogens with one attached hydrogen (secondary N) is 2. The van der Waals surface area contributed by atoms with E-state index >= 15 is 0 Å². The Bertz CT molecular complexity index is 334. The summed E-state index contributed by atoms with van der Waals surface area (Å²) in [5.41, 5.74) is -0.635. The molecule has 0 aromatic rings. The molecule has 0 aromatic heterocycles. The average Bonchev–Trinajstić information content (AvgIpc) is 2.78. The van der Waals surface area contributed by atoms with E-state index in [2.05, 4.69) is 10.6 Å². The Hall–Kier alpha value is -1.34. The fourth-order valence-electron chi connectivity index (χ4n) is 1.80. The SMILES string of the molecule is CC(C)(C)OC(=O)N[C@@H](CCO)C(=O)N[C@@H]1CCOC1. The molecule has 1 aliphatic heterocycles. The summed E-state index contributed by atoms with van der Waals surface area (Å²) in [5.74, 6) is -0.333. The van der Waals surface area contributed by atoms with E-state index in [9.17, 15) is 9.59 Å². The Balaban J connectivity index is 2.49. The molecule has 0 unspecified atom stereocenters. The van der Waals surface area contributed by atoms with Crippen molar-refractivity contribution in [1.82, 2.24) is 10.6 Å². The monoisotopic (exact) mass is 288 g/mol. The van der Waals surface area contributed by atoms with Crippen molar-refractivity contribution in [3.05, 3.63) is 0 Å². The third kappa shape index (κ3) is 6.21. The van der Waals surface area contributed by atoms with Gasteiger partial charge in [-0.25, -0.2) is 4.79 Å². The van der Waals surface area contributed by atoms with Gasteiger partial charge in [-0.1, -0.05) is 0 Å². The van der Waals surface area contributed by atoms with Crippen LogP contribution in [0.15, 0.2) is 0 Å². The van der Waals surface area contributed by atoms with Gasteiger partial charge in [0.05, 0.1) is 12.6 Å². The van der Waals surface area contributed by atoms with Crippen LogP contribution in [0.2, 0.25) is 0 Å². The van der Waals surface area contributed by atoms with E-state index in [-0.39, 0.29) is 25.0 Å². The van der Waals surface area contributed by atoms with Gasteiger partial charge in [0.15, 0.2) is 0 Å². The number of carbonyl (C=O) groups excluding carboxylic acids is 2. The minimum atomic E-state index is -0.810. The van der Waals surface area contributed by atoms with Gasteiger partial charge in [-0.2, -0.15) is 0 Å². The predicted octanol–water partition coefficient (Wildman–Crippen LogP) is 0.167. The van der Waals surface area contributed by atoms with Crippen LogP contribution in [-0.2, 0) is 14.3 Å². The first-order chi connectivity index (χ1) is 9.31. The number of rotatable bonds is 5. The molecule has 0 spiro atoms. The minimum Gasteiger partial charge on any atom is -0.444 e. The molecule has 1 aliphatic rings. The van der Waals surface area contributed by atoms with Crippen molar-refractivity contribution < 1.29 is 24.2 Å². The summed E-state index contributed by atoms with van der Waals surface area (Å²) in [6, 6.07) is -0.848. The molecule has 2 amide bonds. The lowest BCUT2D eigenvalue weighted by Gasteiger charge is -2.23. The van der Waals surface area contributed by atoms with Crippen LogP contribution in [0.25, 0.3) is 0 Å². The number of aliphatic hydroxyl groups excluding tert-OH is 1. The molecule has 1 rings (SSSR count). The zero-order valence-electron chi connectivity index (χ0n) is 12.3. The Morgan fingerprint density at radius 1 is 1.45 bits per heavy atom. The van der Waals surface area contributed by atoms with Gasteiger partial charge >= 0.3 is 6.09 Å². The number of alkyl carbamates (subject to hydrolysis) is 1. The molecule has 116 valence electrons. The standard InChI is InChI=1S/C13H24N2O5/c1-13(2,3)20-12(18)15-10(4-6-16)11(17)14-9-5-7-19-8-9/h9-10,16H,4-8H2,1-3H3,(H,14,17)(H,15,18)/t9-,10+/m1/s1. The third-order valence-corrected chi connectivity index (χ3v) is 2.70. The summed E-state index contributed by atoms with van der Waals surface area (Å²) in [5, 5.41) is 14.3. The second kappa shape index (κ2) is 7.44. The maximum atomic E-state index is 12.0. The average molecular weight is 288 g/mol. The lowest BCUT2D eigenvalue weighted by molar-refractivity contribution is -0.124. The molecule has 1 heterocycles. The molecule has 1 fully saturated rings. The topological polar surface area (TPSA) is 96.9 Å². The molecular formula is C13H24N2O5. The number of aliphatic hydroxyl groups is 1. The molecule has 7 nitrogen and oxygen atoms in total. The van der Waals surface area contributed by atoms with E-state index in [0.29, 0.717) is 13.2 Å². The van der Waals surface area contributed by atoms with E-state index in [0.717, 1.165) is 6.42 Å². The molecular weight excluding hydrogens is 264 g/mol. The first-order valence-electron chi connectivity index (χ1n) is 6.80. The highest BCUT2D eigenvalue weighted by molar-refractivity contribution is 5.85. The quantitative estimate of drug-likeness (QED) is 0.670. The molecule has 0 bridgehead atoms. The number of hydrogen-bond donors (Lipinski definition) is 3. The first-order valence-corrected chi connectivity index (χ1v) is 6.80. The van der Waals surface area contributed by atoms with Crippen LogP contribution in [-0.4, -0.2) is 54.6 Å². The maximum absolute atomic E-state index is 12.0. The summed E-state index contributed by atoms with van der Waals surface area (Å²) in [4.78, 5) is 23.7. The lowest BCUT2D eigenvalue weighted by atomic mass is 10.1. The number of ether oxygens (including phenoxy) is 2. The fourth-order valence-corrected chi connectivity index (χ4v) is 1.80. The van der Waals surface area contributed by atoms with Crippen LogP contribution < -0.4 is 10.6 Å². The Kier molecular flexibility index (Phi) is 6.22.